The molecule has 9 heteroatoms. The van der Waals surface area contributed by atoms with Crippen molar-refractivity contribution in [2.75, 3.05) is 10.8 Å². The summed E-state index contributed by atoms with van der Waals surface area (Å²) in [6, 6.07) is 29.5. The van der Waals surface area contributed by atoms with Gasteiger partial charge < -0.3 is 10.2 Å². The van der Waals surface area contributed by atoms with Crippen molar-refractivity contribution in [3.05, 3.63) is 130 Å². The van der Waals surface area contributed by atoms with E-state index in [0.29, 0.717) is 5.69 Å². The van der Waals surface area contributed by atoms with Crippen LogP contribution >= 0.6 is 15.9 Å². The minimum atomic E-state index is -4.15. The summed E-state index contributed by atoms with van der Waals surface area (Å²) < 4.78 is 30.1. The number of carbonyl (C=O) groups excluding carboxylic acids is 2. The molecule has 0 aliphatic carbocycles. The molecular weight excluding hydrogens is 638 g/mol. The third-order valence-corrected chi connectivity index (χ3v) is 9.46. The van der Waals surface area contributed by atoms with Crippen molar-refractivity contribution in [3.63, 3.8) is 0 Å². The topological polar surface area (TPSA) is 86.8 Å². The second kappa shape index (κ2) is 14.7. The van der Waals surface area contributed by atoms with E-state index in [1.165, 1.54) is 4.90 Å². The van der Waals surface area contributed by atoms with Gasteiger partial charge in [0, 0.05) is 23.5 Å². The molecule has 0 bridgehead atoms. The number of sulfonamides is 1. The highest BCUT2D eigenvalue weighted by Crippen LogP contribution is 2.27. The van der Waals surface area contributed by atoms with Gasteiger partial charge in [-0.3, -0.25) is 13.9 Å². The van der Waals surface area contributed by atoms with E-state index in [2.05, 4.69) is 21.2 Å². The van der Waals surface area contributed by atoms with E-state index in [0.717, 1.165) is 31.0 Å². The van der Waals surface area contributed by atoms with Gasteiger partial charge in [-0.1, -0.05) is 93.8 Å². The minimum Gasteiger partial charge on any atom is -0.352 e. The van der Waals surface area contributed by atoms with Crippen molar-refractivity contribution in [1.29, 1.82) is 0 Å². The predicted molar refractivity (Wildman–Crippen MR) is 179 cm³/mol. The SMILES string of the molecule is Cc1ccc(S(=O)(=O)N(CC(=O)N(Cc2cccc(C)c2)C(Cc2ccccc2)C(=O)NC(C)C)c2ccc(Br)cc2)cc1. The van der Waals surface area contributed by atoms with Crippen LogP contribution in [0.4, 0.5) is 5.69 Å². The van der Waals surface area contributed by atoms with Crippen molar-refractivity contribution in [1.82, 2.24) is 10.2 Å². The van der Waals surface area contributed by atoms with E-state index < -0.39 is 28.5 Å². The molecule has 0 saturated heterocycles. The number of nitrogens with one attached hydrogen (secondary N) is 1. The van der Waals surface area contributed by atoms with Gasteiger partial charge >= 0.3 is 0 Å². The average molecular weight is 677 g/mol. The van der Waals surface area contributed by atoms with Crippen LogP contribution in [0, 0.1) is 13.8 Å². The molecule has 1 N–H and O–H groups in total. The van der Waals surface area contributed by atoms with Crippen LogP contribution in [0.15, 0.2) is 112 Å². The Balaban J connectivity index is 1.80. The number of anilines is 1. The number of aryl methyl sites for hydroxylation is 2. The molecule has 0 heterocycles. The molecule has 0 aliphatic rings. The lowest BCUT2D eigenvalue weighted by Gasteiger charge is -2.34. The van der Waals surface area contributed by atoms with E-state index in [1.807, 2.05) is 82.3 Å². The van der Waals surface area contributed by atoms with Crippen LogP contribution in [0.5, 0.6) is 0 Å². The van der Waals surface area contributed by atoms with Crippen molar-refractivity contribution in [2.45, 2.75) is 57.6 Å². The first-order valence-corrected chi connectivity index (χ1v) is 16.7. The number of hydrogen-bond acceptors (Lipinski definition) is 4. The molecule has 1 unspecified atom stereocenters. The summed E-state index contributed by atoms with van der Waals surface area (Å²) in [5.41, 5.74) is 3.99. The summed E-state index contributed by atoms with van der Waals surface area (Å²) in [5, 5.41) is 2.98. The van der Waals surface area contributed by atoms with E-state index in [1.54, 1.807) is 48.5 Å². The average Bonchev–Trinajstić information content (AvgIpc) is 2.98. The summed E-state index contributed by atoms with van der Waals surface area (Å²) in [6.45, 7) is 7.21. The highest BCUT2D eigenvalue weighted by atomic mass is 79.9. The Bertz CT molecular complexity index is 1680. The number of nitrogens with zero attached hydrogens (tertiary/aromatic N) is 2. The van der Waals surface area contributed by atoms with Crippen molar-refractivity contribution >= 4 is 43.5 Å². The van der Waals surface area contributed by atoms with Gasteiger partial charge in [0.05, 0.1) is 10.6 Å². The fraction of sp³-hybridized carbons (Fsp3) is 0.257. The van der Waals surface area contributed by atoms with Crippen LogP contribution in [0.2, 0.25) is 0 Å². The molecule has 7 nitrogen and oxygen atoms in total. The first-order valence-electron chi connectivity index (χ1n) is 14.5. The van der Waals surface area contributed by atoms with E-state index in [-0.39, 0.29) is 29.8 Å². The standard InChI is InChI=1S/C35H38BrN3O4S/c1-25(2)37-35(41)33(22-28-10-6-5-7-11-28)38(23-29-12-8-9-27(4)21-29)34(40)24-39(31-17-15-30(36)16-18-31)44(42,43)32-19-13-26(3)14-20-32/h5-21,25,33H,22-24H2,1-4H3,(H,37,41). The molecule has 0 radical (unpaired) electrons. The van der Waals surface area contributed by atoms with Crippen LogP contribution in [-0.2, 0) is 32.6 Å². The third kappa shape index (κ3) is 8.57. The first-order chi connectivity index (χ1) is 20.9. The monoisotopic (exact) mass is 675 g/mol. The molecule has 4 rings (SSSR count). The van der Waals surface area contributed by atoms with Gasteiger partial charge in [-0.25, -0.2) is 8.42 Å². The molecule has 0 saturated carbocycles. The summed E-state index contributed by atoms with van der Waals surface area (Å²) in [4.78, 5) is 29.8. The lowest BCUT2D eigenvalue weighted by Crippen LogP contribution is -2.54. The van der Waals surface area contributed by atoms with Crippen LogP contribution in [0.1, 0.15) is 36.1 Å². The molecule has 0 fully saturated rings. The summed E-state index contributed by atoms with van der Waals surface area (Å²) in [5.74, 6) is -0.800. The second-order valence-corrected chi connectivity index (χ2v) is 14.0. The molecule has 1 atom stereocenters. The quantitative estimate of drug-likeness (QED) is 0.188. The summed E-state index contributed by atoms with van der Waals surface area (Å²) in [6.07, 6.45) is 0.264. The Morgan fingerprint density at radius 3 is 2.05 bits per heavy atom. The third-order valence-electron chi connectivity index (χ3n) is 7.14. The molecule has 0 aromatic heterocycles. The minimum absolute atomic E-state index is 0.0717. The fourth-order valence-corrected chi connectivity index (χ4v) is 6.59. The number of carbonyl (C=O) groups is 2. The summed E-state index contributed by atoms with van der Waals surface area (Å²) >= 11 is 3.41. The number of amides is 2. The highest BCUT2D eigenvalue weighted by molar-refractivity contribution is 9.10. The number of benzene rings is 4. The molecule has 0 spiro atoms. The number of rotatable bonds is 12. The maximum Gasteiger partial charge on any atom is 0.264 e. The zero-order valence-corrected chi connectivity index (χ0v) is 27.8. The zero-order valence-electron chi connectivity index (χ0n) is 25.4. The zero-order chi connectivity index (χ0) is 31.9. The first kappa shape index (κ1) is 33.0. The van der Waals surface area contributed by atoms with E-state index >= 15 is 0 Å². The predicted octanol–water partition coefficient (Wildman–Crippen LogP) is 6.43. The van der Waals surface area contributed by atoms with Crippen LogP contribution in [0.3, 0.4) is 0 Å². The Morgan fingerprint density at radius 1 is 0.795 bits per heavy atom. The molecule has 230 valence electrons. The Kier molecular flexibility index (Phi) is 11.0. The molecular formula is C35H38BrN3O4S. The maximum absolute atomic E-state index is 14.5. The van der Waals surface area contributed by atoms with Crippen molar-refractivity contribution in [3.8, 4) is 0 Å². The Labute approximate surface area is 269 Å². The molecule has 0 aliphatic heterocycles. The van der Waals surface area contributed by atoms with Gasteiger partial charge in [-0.2, -0.15) is 0 Å². The van der Waals surface area contributed by atoms with Crippen LogP contribution in [-0.4, -0.2) is 43.8 Å². The molecule has 4 aromatic rings. The van der Waals surface area contributed by atoms with Gasteiger partial charge in [-0.15, -0.1) is 0 Å². The van der Waals surface area contributed by atoms with Gasteiger partial charge in [-0.05, 0) is 75.2 Å². The largest absolute Gasteiger partial charge is 0.352 e. The lowest BCUT2D eigenvalue weighted by atomic mass is 10.0. The molecule has 4 aromatic carbocycles. The highest BCUT2D eigenvalue weighted by Gasteiger charge is 2.34. The lowest BCUT2D eigenvalue weighted by molar-refractivity contribution is -0.140. The maximum atomic E-state index is 14.5. The summed E-state index contributed by atoms with van der Waals surface area (Å²) in [7, 11) is -4.15. The van der Waals surface area contributed by atoms with Gasteiger partial charge in [0.25, 0.3) is 10.0 Å². The van der Waals surface area contributed by atoms with Gasteiger partial charge in [0.15, 0.2) is 0 Å². The van der Waals surface area contributed by atoms with Crippen molar-refractivity contribution in [2.24, 2.45) is 0 Å². The number of hydrogen-bond donors (Lipinski definition) is 1. The van der Waals surface area contributed by atoms with Crippen LogP contribution < -0.4 is 9.62 Å². The Hall–Kier alpha value is -3.95. The van der Waals surface area contributed by atoms with Gasteiger partial charge in [0.2, 0.25) is 11.8 Å². The molecule has 44 heavy (non-hydrogen) atoms. The fourth-order valence-electron chi connectivity index (χ4n) is 4.92. The number of halogens is 1. The van der Waals surface area contributed by atoms with E-state index in [9.17, 15) is 18.0 Å². The van der Waals surface area contributed by atoms with E-state index in [4.69, 9.17) is 0 Å². The Morgan fingerprint density at radius 2 is 1.43 bits per heavy atom. The van der Waals surface area contributed by atoms with Crippen molar-refractivity contribution < 1.29 is 18.0 Å². The second-order valence-electron chi connectivity index (χ2n) is 11.2. The van der Waals surface area contributed by atoms with Gasteiger partial charge in [0.1, 0.15) is 12.6 Å². The normalized spacial score (nSPS) is 12.0. The smallest absolute Gasteiger partial charge is 0.264 e. The van der Waals surface area contributed by atoms with Crippen LogP contribution in [0.25, 0.3) is 0 Å². The molecule has 2 amide bonds.